The summed E-state index contributed by atoms with van der Waals surface area (Å²) in [4.78, 5) is 10.5. The maximum absolute atomic E-state index is 5.23. The molecule has 0 amide bonds. The lowest BCUT2D eigenvalue weighted by atomic mass is 9.93. The van der Waals surface area contributed by atoms with Crippen LogP contribution in [0.4, 0.5) is 0 Å². The monoisotopic (exact) mass is 714 g/mol. The van der Waals surface area contributed by atoms with E-state index in [-0.39, 0.29) is 0 Å². The summed E-state index contributed by atoms with van der Waals surface area (Å²) in [6, 6.07) is 73.1. The first kappa shape index (κ1) is 31.9. The van der Waals surface area contributed by atoms with Gasteiger partial charge in [-0.1, -0.05) is 152 Å². The maximum atomic E-state index is 5.23. The Morgan fingerprint density at radius 1 is 0.304 bits per heavy atom. The Morgan fingerprint density at radius 3 is 1.21 bits per heavy atom. The van der Waals surface area contributed by atoms with Gasteiger partial charge in [0.2, 0.25) is 0 Å². The summed E-state index contributed by atoms with van der Waals surface area (Å²) < 4.78 is 4.84. The van der Waals surface area contributed by atoms with E-state index in [4.69, 9.17) is 9.97 Å². The fourth-order valence-electron chi connectivity index (χ4n) is 8.48. The Bertz CT molecular complexity index is 3030. The predicted molar refractivity (Wildman–Crippen MR) is 232 cm³/mol. The predicted octanol–water partition coefficient (Wildman–Crippen LogP) is 13.3. The van der Waals surface area contributed by atoms with Gasteiger partial charge in [0.1, 0.15) is 0 Å². The van der Waals surface area contributed by atoms with Gasteiger partial charge in [0.15, 0.2) is 5.82 Å². The molecule has 0 saturated carbocycles. The molecule has 0 atom stereocenters. The zero-order chi connectivity index (χ0) is 37.0. The second kappa shape index (κ2) is 13.1. The molecule has 262 valence electrons. The summed E-state index contributed by atoms with van der Waals surface area (Å²) in [5.74, 6) is 0.689. The molecular formula is C52H34N4. The molecule has 0 bridgehead atoms. The van der Waals surface area contributed by atoms with Gasteiger partial charge in [-0.2, -0.15) is 0 Å². The summed E-state index contributed by atoms with van der Waals surface area (Å²) in [6.45, 7) is 0. The van der Waals surface area contributed by atoms with Crippen molar-refractivity contribution < 1.29 is 0 Å². The van der Waals surface area contributed by atoms with Crippen molar-refractivity contribution in [2.45, 2.75) is 0 Å². The number of hydrogen-bond donors (Lipinski definition) is 0. The Balaban J connectivity index is 1.26. The lowest BCUT2D eigenvalue weighted by Crippen LogP contribution is -1.97. The van der Waals surface area contributed by atoms with E-state index < -0.39 is 0 Å². The normalized spacial score (nSPS) is 11.6. The van der Waals surface area contributed by atoms with Crippen LogP contribution in [0.5, 0.6) is 0 Å². The van der Waals surface area contributed by atoms with Gasteiger partial charge in [-0.3, -0.25) is 0 Å². The zero-order valence-electron chi connectivity index (χ0n) is 30.4. The van der Waals surface area contributed by atoms with E-state index in [1.54, 1.807) is 0 Å². The van der Waals surface area contributed by atoms with Gasteiger partial charge in [-0.25, -0.2) is 9.97 Å². The number of benzene rings is 8. The molecule has 56 heavy (non-hydrogen) atoms. The average Bonchev–Trinajstić information content (AvgIpc) is 3.79. The minimum Gasteiger partial charge on any atom is -0.309 e. The molecule has 0 saturated heterocycles. The Labute approximate surface area is 324 Å². The van der Waals surface area contributed by atoms with E-state index >= 15 is 0 Å². The Morgan fingerprint density at radius 2 is 0.714 bits per heavy atom. The van der Waals surface area contributed by atoms with Gasteiger partial charge in [0.05, 0.1) is 33.5 Å². The number of fused-ring (bicyclic) bond motifs is 6. The largest absolute Gasteiger partial charge is 0.309 e. The maximum Gasteiger partial charge on any atom is 0.160 e. The van der Waals surface area contributed by atoms with Crippen molar-refractivity contribution in [3.63, 3.8) is 0 Å². The molecule has 0 aliphatic rings. The second-order valence-electron chi connectivity index (χ2n) is 14.2. The van der Waals surface area contributed by atoms with Crippen LogP contribution in [0.2, 0.25) is 0 Å². The van der Waals surface area contributed by atoms with Crippen molar-refractivity contribution in [2.75, 3.05) is 0 Å². The molecule has 0 spiro atoms. The van der Waals surface area contributed by atoms with E-state index in [1.165, 1.54) is 38.1 Å². The summed E-state index contributed by atoms with van der Waals surface area (Å²) in [6.07, 6.45) is 0. The van der Waals surface area contributed by atoms with Gasteiger partial charge in [0, 0.05) is 55.2 Å². The third-order valence-corrected chi connectivity index (χ3v) is 10.9. The molecule has 11 rings (SSSR count). The topological polar surface area (TPSA) is 35.6 Å². The van der Waals surface area contributed by atoms with Crippen LogP contribution in [0, 0.1) is 0 Å². The van der Waals surface area contributed by atoms with Crippen molar-refractivity contribution in [2.24, 2.45) is 0 Å². The van der Waals surface area contributed by atoms with Crippen LogP contribution >= 0.6 is 0 Å². The molecule has 0 unspecified atom stereocenters. The standard InChI is InChI=1S/C52H34N4/c1-5-18-35(19-6-1)43-33-44(36-20-7-2-8-21-36)54-52(53-43)38-23-17-22-37(32-38)49-50-41-28-13-15-30-45(41)55(39-24-9-3-10-25-39)47(50)34-48-51(49)42-29-14-16-31-46(42)56(48)40-26-11-4-12-27-40/h1-34H. The van der Waals surface area contributed by atoms with Crippen molar-refractivity contribution in [3.05, 3.63) is 206 Å². The number of rotatable bonds is 6. The minimum atomic E-state index is 0.689. The lowest BCUT2D eigenvalue weighted by Gasteiger charge is -2.14. The van der Waals surface area contributed by atoms with E-state index in [2.05, 4.69) is 203 Å². The van der Waals surface area contributed by atoms with E-state index in [9.17, 15) is 0 Å². The molecule has 0 radical (unpaired) electrons. The lowest BCUT2D eigenvalue weighted by molar-refractivity contribution is 1.16. The SMILES string of the molecule is c1ccc(-c2cc(-c3ccccc3)nc(-c3cccc(-c4c5c6ccccc6n(-c6ccccc6)c5cc5c4c4ccccc4n5-c4ccccc4)c3)n2)cc1. The van der Waals surface area contributed by atoms with Crippen LogP contribution in [0.3, 0.4) is 0 Å². The van der Waals surface area contributed by atoms with Crippen LogP contribution in [-0.2, 0) is 0 Å². The summed E-state index contributed by atoms with van der Waals surface area (Å²) >= 11 is 0. The molecular weight excluding hydrogens is 681 g/mol. The van der Waals surface area contributed by atoms with Crippen LogP contribution in [-0.4, -0.2) is 19.1 Å². The molecule has 8 aromatic carbocycles. The summed E-state index contributed by atoms with van der Waals surface area (Å²) in [5.41, 5.74) is 14.0. The number of para-hydroxylation sites is 4. The van der Waals surface area contributed by atoms with Crippen LogP contribution in [0.15, 0.2) is 206 Å². The molecule has 4 nitrogen and oxygen atoms in total. The second-order valence-corrected chi connectivity index (χ2v) is 14.2. The molecule has 0 aliphatic heterocycles. The third kappa shape index (κ3) is 5.15. The zero-order valence-corrected chi connectivity index (χ0v) is 30.4. The van der Waals surface area contributed by atoms with Gasteiger partial charge >= 0.3 is 0 Å². The van der Waals surface area contributed by atoms with Crippen LogP contribution in [0.25, 0.3) is 100 Å². The molecule has 3 heterocycles. The average molecular weight is 715 g/mol. The first-order valence-electron chi connectivity index (χ1n) is 19.0. The molecule has 4 heteroatoms. The van der Waals surface area contributed by atoms with Gasteiger partial charge in [-0.15, -0.1) is 0 Å². The Hall–Kier alpha value is -7.56. The molecule has 0 N–H and O–H groups in total. The van der Waals surface area contributed by atoms with E-state index in [0.717, 1.165) is 56.0 Å². The highest BCUT2D eigenvalue weighted by molar-refractivity contribution is 6.28. The highest BCUT2D eigenvalue weighted by Crippen LogP contribution is 2.47. The van der Waals surface area contributed by atoms with E-state index in [1.807, 2.05) is 12.1 Å². The molecule has 0 aliphatic carbocycles. The minimum absolute atomic E-state index is 0.689. The first-order chi connectivity index (χ1) is 27.8. The number of aromatic nitrogens is 4. The van der Waals surface area contributed by atoms with Crippen LogP contribution < -0.4 is 0 Å². The Kier molecular flexibility index (Phi) is 7.46. The number of hydrogen-bond acceptors (Lipinski definition) is 2. The van der Waals surface area contributed by atoms with Crippen molar-refractivity contribution in [1.82, 2.24) is 19.1 Å². The fourth-order valence-corrected chi connectivity index (χ4v) is 8.48. The van der Waals surface area contributed by atoms with Gasteiger partial charge in [-0.05, 0) is 60.2 Å². The summed E-state index contributed by atoms with van der Waals surface area (Å²) in [5, 5.41) is 4.85. The third-order valence-electron chi connectivity index (χ3n) is 10.9. The van der Waals surface area contributed by atoms with E-state index in [0.29, 0.717) is 5.82 Å². The van der Waals surface area contributed by atoms with Crippen molar-refractivity contribution in [1.29, 1.82) is 0 Å². The first-order valence-corrected chi connectivity index (χ1v) is 19.0. The van der Waals surface area contributed by atoms with Gasteiger partial charge in [0.25, 0.3) is 0 Å². The smallest absolute Gasteiger partial charge is 0.160 e. The van der Waals surface area contributed by atoms with Gasteiger partial charge < -0.3 is 9.13 Å². The van der Waals surface area contributed by atoms with Crippen molar-refractivity contribution in [3.8, 4) is 56.4 Å². The summed E-state index contributed by atoms with van der Waals surface area (Å²) in [7, 11) is 0. The quantitative estimate of drug-likeness (QED) is 0.172. The molecule has 3 aromatic heterocycles. The van der Waals surface area contributed by atoms with Crippen molar-refractivity contribution >= 4 is 43.6 Å². The highest BCUT2D eigenvalue weighted by atomic mass is 15.0. The molecule has 0 fully saturated rings. The number of nitrogens with zero attached hydrogens (tertiary/aromatic N) is 4. The fraction of sp³-hybridized carbons (Fsp3) is 0. The van der Waals surface area contributed by atoms with Crippen LogP contribution in [0.1, 0.15) is 0 Å². The highest BCUT2D eigenvalue weighted by Gasteiger charge is 2.24. The molecule has 11 aromatic rings.